The van der Waals surface area contributed by atoms with Crippen molar-refractivity contribution in [1.82, 2.24) is 10.2 Å². The average molecular weight is 186 g/mol. The Labute approximate surface area is 83.7 Å². The van der Waals surface area contributed by atoms with Gasteiger partial charge in [-0.15, -0.1) is 0 Å². The quantitative estimate of drug-likeness (QED) is 0.612. The van der Waals surface area contributed by atoms with Crippen LogP contribution in [0.4, 0.5) is 0 Å². The molecule has 1 atom stereocenters. The van der Waals surface area contributed by atoms with Crippen molar-refractivity contribution in [3.8, 4) is 0 Å². The zero-order valence-corrected chi connectivity index (χ0v) is 9.93. The third kappa shape index (κ3) is 7.03. The molecule has 0 heterocycles. The highest BCUT2D eigenvalue weighted by Gasteiger charge is 2.09. The molecule has 0 radical (unpaired) electrons. The first-order chi connectivity index (χ1) is 6.07. The van der Waals surface area contributed by atoms with Gasteiger partial charge >= 0.3 is 0 Å². The topological polar surface area (TPSA) is 15.3 Å². The number of nitrogens with one attached hydrogen (secondary N) is 1. The highest BCUT2D eigenvalue weighted by Crippen LogP contribution is 2.00. The molecule has 0 fully saturated rings. The lowest BCUT2D eigenvalue weighted by atomic mass is 10.2. The maximum atomic E-state index is 3.45. The predicted molar refractivity (Wildman–Crippen MR) is 60.1 cm³/mol. The summed E-state index contributed by atoms with van der Waals surface area (Å²) in [7, 11) is 2.21. The maximum absolute atomic E-state index is 3.45. The van der Waals surface area contributed by atoms with E-state index >= 15 is 0 Å². The monoisotopic (exact) mass is 186 g/mol. The summed E-state index contributed by atoms with van der Waals surface area (Å²) in [4.78, 5) is 2.42. The van der Waals surface area contributed by atoms with E-state index in [9.17, 15) is 0 Å². The van der Waals surface area contributed by atoms with E-state index < -0.39 is 0 Å². The molecule has 0 amide bonds. The van der Waals surface area contributed by atoms with Gasteiger partial charge in [-0.3, -0.25) is 0 Å². The van der Waals surface area contributed by atoms with Crippen LogP contribution in [0, 0.1) is 5.92 Å². The van der Waals surface area contributed by atoms with E-state index in [4.69, 9.17) is 0 Å². The van der Waals surface area contributed by atoms with Crippen LogP contribution in [0.15, 0.2) is 0 Å². The number of likely N-dealkylation sites (N-methyl/N-ethyl adjacent to an activating group) is 1. The van der Waals surface area contributed by atoms with E-state index in [0.717, 1.165) is 19.0 Å². The third-order valence-electron chi connectivity index (χ3n) is 2.27. The molecule has 0 aromatic carbocycles. The van der Waals surface area contributed by atoms with E-state index in [1.807, 2.05) is 0 Å². The lowest BCUT2D eigenvalue weighted by Crippen LogP contribution is -2.39. The summed E-state index contributed by atoms with van der Waals surface area (Å²) >= 11 is 0. The zero-order valence-electron chi connectivity index (χ0n) is 9.93. The minimum Gasteiger partial charge on any atom is -0.315 e. The Balaban J connectivity index is 3.50. The van der Waals surface area contributed by atoms with Crippen LogP contribution in [0.25, 0.3) is 0 Å². The van der Waals surface area contributed by atoms with Crippen LogP contribution >= 0.6 is 0 Å². The molecule has 2 nitrogen and oxygen atoms in total. The minimum atomic E-state index is 0.647. The van der Waals surface area contributed by atoms with Gasteiger partial charge in [0.2, 0.25) is 0 Å². The molecule has 0 aromatic rings. The predicted octanol–water partition coefficient (Wildman–Crippen LogP) is 1.96. The Morgan fingerprint density at radius 1 is 1.23 bits per heavy atom. The number of hydrogen-bond acceptors (Lipinski definition) is 2. The highest BCUT2D eigenvalue weighted by molar-refractivity contribution is 4.66. The first-order valence-electron chi connectivity index (χ1n) is 5.48. The molecule has 0 aliphatic carbocycles. The van der Waals surface area contributed by atoms with Gasteiger partial charge in [-0.1, -0.05) is 20.8 Å². The second kappa shape index (κ2) is 7.34. The van der Waals surface area contributed by atoms with Gasteiger partial charge < -0.3 is 10.2 Å². The summed E-state index contributed by atoms with van der Waals surface area (Å²) in [6, 6.07) is 0.647. The van der Waals surface area contributed by atoms with Crippen molar-refractivity contribution in [1.29, 1.82) is 0 Å². The summed E-state index contributed by atoms with van der Waals surface area (Å²) < 4.78 is 0. The maximum Gasteiger partial charge on any atom is 0.0189 e. The fourth-order valence-electron chi connectivity index (χ4n) is 1.40. The van der Waals surface area contributed by atoms with E-state index in [1.54, 1.807) is 0 Å². The summed E-state index contributed by atoms with van der Waals surface area (Å²) in [5, 5.41) is 3.45. The van der Waals surface area contributed by atoms with Gasteiger partial charge in [0, 0.05) is 19.1 Å². The van der Waals surface area contributed by atoms with Gasteiger partial charge in [0.15, 0.2) is 0 Å². The molecule has 80 valence electrons. The largest absolute Gasteiger partial charge is 0.315 e. The van der Waals surface area contributed by atoms with Crippen molar-refractivity contribution in [3.05, 3.63) is 0 Å². The number of hydrogen-bond donors (Lipinski definition) is 1. The molecule has 0 saturated carbocycles. The molecule has 0 rings (SSSR count). The Morgan fingerprint density at radius 3 is 2.31 bits per heavy atom. The molecule has 1 unspecified atom stereocenters. The molecule has 1 N–H and O–H groups in total. The first-order valence-corrected chi connectivity index (χ1v) is 5.48. The average Bonchev–Trinajstić information content (AvgIpc) is 2.03. The molecule has 0 saturated heterocycles. The van der Waals surface area contributed by atoms with E-state index in [-0.39, 0.29) is 0 Å². The lowest BCUT2D eigenvalue weighted by Gasteiger charge is -2.26. The second-order valence-corrected chi connectivity index (χ2v) is 4.39. The minimum absolute atomic E-state index is 0.647. The van der Waals surface area contributed by atoms with Crippen LogP contribution in [-0.4, -0.2) is 37.6 Å². The Hall–Kier alpha value is -0.0800. The molecule has 0 aliphatic rings. The zero-order chi connectivity index (χ0) is 10.3. The number of nitrogens with zero attached hydrogens (tertiary/aromatic N) is 1. The summed E-state index contributed by atoms with van der Waals surface area (Å²) in [5.74, 6) is 0.763. The standard InChI is InChI=1S/C11H26N2/c1-6-7-12-8-11(4)13(5)9-10(2)3/h10-12H,6-9H2,1-5H3. The fraction of sp³-hybridized carbons (Fsp3) is 1.00. The SMILES string of the molecule is CCCNCC(C)N(C)CC(C)C. The summed E-state index contributed by atoms with van der Waals surface area (Å²) in [6.45, 7) is 12.5. The van der Waals surface area contributed by atoms with Crippen LogP contribution in [-0.2, 0) is 0 Å². The molecule has 0 spiro atoms. The van der Waals surface area contributed by atoms with Crippen molar-refractivity contribution in [2.24, 2.45) is 5.92 Å². The van der Waals surface area contributed by atoms with Crippen molar-refractivity contribution >= 4 is 0 Å². The molecular formula is C11H26N2. The van der Waals surface area contributed by atoms with Gasteiger partial charge in [0.1, 0.15) is 0 Å². The number of rotatable bonds is 7. The van der Waals surface area contributed by atoms with Crippen LogP contribution in [0.1, 0.15) is 34.1 Å². The summed E-state index contributed by atoms with van der Waals surface area (Å²) in [5.41, 5.74) is 0. The lowest BCUT2D eigenvalue weighted by molar-refractivity contribution is 0.225. The van der Waals surface area contributed by atoms with Crippen LogP contribution in [0.5, 0.6) is 0 Å². The van der Waals surface area contributed by atoms with Gasteiger partial charge in [0.25, 0.3) is 0 Å². The Bertz CT molecular complexity index is 113. The van der Waals surface area contributed by atoms with Crippen LogP contribution in [0.2, 0.25) is 0 Å². The fourth-order valence-corrected chi connectivity index (χ4v) is 1.40. The molecule has 2 heteroatoms. The first kappa shape index (κ1) is 12.9. The van der Waals surface area contributed by atoms with E-state index in [1.165, 1.54) is 13.0 Å². The third-order valence-corrected chi connectivity index (χ3v) is 2.27. The molecule has 0 aromatic heterocycles. The molecule has 13 heavy (non-hydrogen) atoms. The smallest absolute Gasteiger partial charge is 0.0189 e. The van der Waals surface area contributed by atoms with Crippen molar-refractivity contribution in [3.63, 3.8) is 0 Å². The molecular weight excluding hydrogens is 160 g/mol. The van der Waals surface area contributed by atoms with Gasteiger partial charge in [0.05, 0.1) is 0 Å². The Morgan fingerprint density at radius 2 is 1.85 bits per heavy atom. The van der Waals surface area contributed by atoms with Gasteiger partial charge in [-0.05, 0) is 32.9 Å². The van der Waals surface area contributed by atoms with Crippen LogP contribution < -0.4 is 5.32 Å². The van der Waals surface area contributed by atoms with Crippen molar-refractivity contribution < 1.29 is 0 Å². The van der Waals surface area contributed by atoms with E-state index in [2.05, 4.69) is 45.0 Å². The normalized spacial score (nSPS) is 14.1. The van der Waals surface area contributed by atoms with Crippen molar-refractivity contribution in [2.75, 3.05) is 26.7 Å². The Kier molecular flexibility index (Phi) is 7.29. The van der Waals surface area contributed by atoms with Gasteiger partial charge in [-0.25, -0.2) is 0 Å². The van der Waals surface area contributed by atoms with Gasteiger partial charge in [-0.2, -0.15) is 0 Å². The molecule has 0 bridgehead atoms. The highest BCUT2D eigenvalue weighted by atomic mass is 15.1. The molecule has 0 aliphatic heterocycles. The van der Waals surface area contributed by atoms with Crippen LogP contribution in [0.3, 0.4) is 0 Å². The second-order valence-electron chi connectivity index (χ2n) is 4.39. The summed E-state index contributed by atoms with van der Waals surface area (Å²) in [6.07, 6.45) is 1.22. The van der Waals surface area contributed by atoms with Crippen molar-refractivity contribution in [2.45, 2.75) is 40.2 Å². The van der Waals surface area contributed by atoms with E-state index in [0.29, 0.717) is 6.04 Å².